The van der Waals surface area contributed by atoms with Gasteiger partial charge in [0.15, 0.2) is 15.0 Å². The van der Waals surface area contributed by atoms with Gasteiger partial charge in [-0.05, 0) is 49.1 Å². The van der Waals surface area contributed by atoms with Gasteiger partial charge < -0.3 is 4.90 Å². The third kappa shape index (κ3) is 4.49. The van der Waals surface area contributed by atoms with Crippen LogP contribution in [0.2, 0.25) is 5.02 Å². The van der Waals surface area contributed by atoms with Gasteiger partial charge >= 0.3 is 0 Å². The summed E-state index contributed by atoms with van der Waals surface area (Å²) in [6, 6.07) is 14.9. The number of aryl methyl sites for hydroxylation is 1. The Hall–Kier alpha value is -1.89. The van der Waals surface area contributed by atoms with Crippen molar-refractivity contribution in [2.24, 2.45) is 0 Å². The van der Waals surface area contributed by atoms with Crippen molar-refractivity contribution >= 4 is 37.9 Å². The predicted octanol–water partition coefficient (Wildman–Crippen LogP) is 5.14. The number of halogens is 1. The number of nitrogens with zero attached hydrogens (tertiary/aromatic N) is 2. The second-order valence-corrected chi connectivity index (χ2v) is 10.9. The Morgan fingerprint density at radius 3 is 2.62 bits per heavy atom. The summed E-state index contributed by atoms with van der Waals surface area (Å²) in [5, 5.41) is 3.17. The lowest BCUT2D eigenvalue weighted by atomic mass is 10.1. The van der Waals surface area contributed by atoms with Gasteiger partial charge in [-0.2, -0.15) is 0 Å². The highest BCUT2D eigenvalue weighted by Crippen LogP contribution is 2.30. The minimum atomic E-state index is -3.36. The van der Waals surface area contributed by atoms with E-state index in [1.54, 1.807) is 35.6 Å². The van der Waals surface area contributed by atoms with E-state index in [4.69, 9.17) is 16.6 Å². The van der Waals surface area contributed by atoms with Crippen molar-refractivity contribution in [2.45, 2.75) is 36.3 Å². The van der Waals surface area contributed by atoms with Crippen LogP contribution in [-0.2, 0) is 16.3 Å². The van der Waals surface area contributed by atoms with Crippen LogP contribution in [-0.4, -0.2) is 31.7 Å². The summed E-state index contributed by atoms with van der Waals surface area (Å²) in [6.07, 6.45) is 2.02. The summed E-state index contributed by atoms with van der Waals surface area (Å²) in [5.41, 5.74) is 3.62. The second kappa shape index (κ2) is 8.46. The molecule has 2 aromatic carbocycles. The Morgan fingerprint density at radius 2 is 1.90 bits per heavy atom. The highest BCUT2D eigenvalue weighted by molar-refractivity contribution is 7.92. The monoisotopic (exact) mass is 446 g/mol. The van der Waals surface area contributed by atoms with Crippen LogP contribution in [0.5, 0.6) is 0 Å². The maximum atomic E-state index is 12.9. The first-order valence-corrected chi connectivity index (χ1v) is 12.5. The Labute approximate surface area is 181 Å². The molecule has 0 aliphatic carbocycles. The minimum absolute atomic E-state index is 0.318. The predicted molar refractivity (Wildman–Crippen MR) is 120 cm³/mol. The summed E-state index contributed by atoms with van der Waals surface area (Å²) >= 11 is 7.62. The summed E-state index contributed by atoms with van der Waals surface area (Å²) in [5.74, 6) is 0. The molecule has 0 bridgehead atoms. The summed E-state index contributed by atoms with van der Waals surface area (Å²) in [6.45, 7) is 3.51. The molecule has 0 saturated carbocycles. The lowest BCUT2D eigenvalue weighted by Gasteiger charge is -2.31. The summed E-state index contributed by atoms with van der Waals surface area (Å²) < 4.78 is 25.9. The molecule has 0 amide bonds. The molecular weight excluding hydrogens is 424 g/mol. The zero-order valence-corrected chi connectivity index (χ0v) is 18.6. The minimum Gasteiger partial charge on any atom is -0.348 e. The first kappa shape index (κ1) is 20.4. The van der Waals surface area contributed by atoms with Gasteiger partial charge in [-0.15, -0.1) is 11.3 Å². The third-order valence-corrected chi connectivity index (χ3v) is 8.89. The molecule has 1 aliphatic heterocycles. The maximum absolute atomic E-state index is 12.9. The fourth-order valence-corrected chi connectivity index (χ4v) is 6.63. The van der Waals surface area contributed by atoms with Crippen molar-refractivity contribution in [1.82, 2.24) is 4.98 Å². The van der Waals surface area contributed by atoms with Crippen LogP contribution in [0.3, 0.4) is 0 Å². The molecule has 1 saturated heterocycles. The topological polar surface area (TPSA) is 50.3 Å². The molecule has 0 spiro atoms. The summed E-state index contributed by atoms with van der Waals surface area (Å²) in [4.78, 5) is 7.33. The molecule has 4 rings (SSSR count). The second-order valence-electron chi connectivity index (χ2n) is 7.41. The Kier molecular flexibility index (Phi) is 5.95. The zero-order chi connectivity index (χ0) is 20.4. The SMILES string of the molecule is Cc1ccccc1Cc1csc(N2CCC(S(=O)(=O)c3cccc(Cl)c3)CC2)n1. The lowest BCUT2D eigenvalue weighted by Crippen LogP contribution is -2.39. The van der Waals surface area contributed by atoms with E-state index in [0.717, 1.165) is 17.2 Å². The number of rotatable bonds is 5. The molecule has 7 heteroatoms. The van der Waals surface area contributed by atoms with Gasteiger partial charge in [0.05, 0.1) is 15.8 Å². The van der Waals surface area contributed by atoms with Crippen molar-refractivity contribution in [3.8, 4) is 0 Å². The van der Waals surface area contributed by atoms with Crippen LogP contribution in [0.25, 0.3) is 0 Å². The quantitative estimate of drug-likeness (QED) is 0.544. The molecule has 29 heavy (non-hydrogen) atoms. The van der Waals surface area contributed by atoms with Crippen molar-refractivity contribution in [3.63, 3.8) is 0 Å². The van der Waals surface area contributed by atoms with Crippen molar-refractivity contribution in [1.29, 1.82) is 0 Å². The largest absolute Gasteiger partial charge is 0.348 e. The molecule has 0 atom stereocenters. The number of benzene rings is 2. The van der Waals surface area contributed by atoms with Gasteiger partial charge in [0.25, 0.3) is 0 Å². The van der Waals surface area contributed by atoms with Crippen LogP contribution < -0.4 is 4.90 Å². The third-order valence-electron chi connectivity index (χ3n) is 5.45. The fourth-order valence-electron chi connectivity index (χ4n) is 3.72. The lowest BCUT2D eigenvalue weighted by molar-refractivity contribution is 0.529. The molecule has 0 N–H and O–H groups in total. The summed E-state index contributed by atoms with van der Waals surface area (Å²) in [7, 11) is -3.36. The van der Waals surface area contributed by atoms with E-state index in [1.165, 1.54) is 11.1 Å². The highest BCUT2D eigenvalue weighted by atomic mass is 35.5. The zero-order valence-electron chi connectivity index (χ0n) is 16.2. The van der Waals surface area contributed by atoms with Crippen LogP contribution in [0, 0.1) is 6.92 Å². The van der Waals surface area contributed by atoms with Gasteiger partial charge in [0.2, 0.25) is 0 Å². The normalized spacial score (nSPS) is 15.6. The van der Waals surface area contributed by atoms with Crippen molar-refractivity contribution in [3.05, 3.63) is 75.8 Å². The molecule has 1 aromatic heterocycles. The van der Waals surface area contributed by atoms with E-state index in [0.29, 0.717) is 35.8 Å². The van der Waals surface area contributed by atoms with E-state index in [1.807, 2.05) is 6.07 Å². The van der Waals surface area contributed by atoms with Crippen molar-refractivity contribution < 1.29 is 8.42 Å². The fraction of sp³-hybridized carbons (Fsp3) is 0.318. The van der Waals surface area contributed by atoms with E-state index in [2.05, 4.69) is 35.4 Å². The molecule has 152 valence electrons. The Balaban J connectivity index is 1.41. The molecular formula is C22H23ClN2O2S2. The van der Waals surface area contributed by atoms with E-state index >= 15 is 0 Å². The average molecular weight is 447 g/mol. The maximum Gasteiger partial charge on any atom is 0.185 e. The van der Waals surface area contributed by atoms with Crippen LogP contribution in [0.15, 0.2) is 58.8 Å². The first-order chi connectivity index (χ1) is 13.9. The van der Waals surface area contributed by atoms with Gasteiger partial charge in [0.1, 0.15) is 0 Å². The Bertz CT molecular complexity index is 1100. The van der Waals surface area contributed by atoms with Crippen LogP contribution in [0.4, 0.5) is 5.13 Å². The van der Waals surface area contributed by atoms with E-state index < -0.39 is 9.84 Å². The Morgan fingerprint density at radius 1 is 1.14 bits per heavy atom. The smallest absolute Gasteiger partial charge is 0.185 e. The number of thiazole rings is 1. The molecule has 3 aromatic rings. The molecule has 4 nitrogen and oxygen atoms in total. The van der Waals surface area contributed by atoms with E-state index in [9.17, 15) is 8.42 Å². The molecule has 2 heterocycles. The molecule has 0 unspecified atom stereocenters. The average Bonchev–Trinajstić information content (AvgIpc) is 3.18. The van der Waals surface area contributed by atoms with Gasteiger partial charge in [-0.1, -0.05) is 41.9 Å². The molecule has 1 aliphatic rings. The standard InChI is InChI=1S/C22H23ClN2O2S2/c1-16-5-2-3-6-17(16)13-19-15-28-22(24-19)25-11-9-20(10-12-25)29(26,27)21-8-4-7-18(23)14-21/h2-8,14-15,20H,9-13H2,1H3. The van der Waals surface area contributed by atoms with Crippen molar-refractivity contribution in [2.75, 3.05) is 18.0 Å². The number of anilines is 1. The number of aromatic nitrogens is 1. The number of hydrogen-bond acceptors (Lipinski definition) is 5. The number of sulfone groups is 1. The molecule has 1 fully saturated rings. The number of hydrogen-bond donors (Lipinski definition) is 0. The highest BCUT2D eigenvalue weighted by Gasteiger charge is 2.32. The van der Waals surface area contributed by atoms with E-state index in [-0.39, 0.29) is 5.25 Å². The first-order valence-electron chi connectivity index (χ1n) is 9.67. The number of piperidine rings is 1. The van der Waals surface area contributed by atoms with Gasteiger partial charge in [0, 0.05) is 29.9 Å². The van der Waals surface area contributed by atoms with Crippen LogP contribution >= 0.6 is 22.9 Å². The molecule has 0 radical (unpaired) electrons. The van der Waals surface area contributed by atoms with Gasteiger partial charge in [-0.3, -0.25) is 0 Å². The van der Waals surface area contributed by atoms with Gasteiger partial charge in [-0.25, -0.2) is 13.4 Å². The van der Waals surface area contributed by atoms with Crippen LogP contribution in [0.1, 0.15) is 29.7 Å².